The molecule has 0 amide bonds. The van der Waals surface area contributed by atoms with E-state index in [2.05, 4.69) is 60.6 Å². The van der Waals surface area contributed by atoms with Gasteiger partial charge in [0, 0.05) is 36.9 Å². The van der Waals surface area contributed by atoms with Crippen LogP contribution in [0.4, 0.5) is 5.82 Å². The number of hydrogen-bond donors (Lipinski definition) is 0. The van der Waals surface area contributed by atoms with Crippen LogP contribution >= 0.6 is 0 Å². The Bertz CT molecular complexity index is 891. The molecule has 0 N–H and O–H groups in total. The van der Waals surface area contributed by atoms with Crippen LogP contribution in [0.1, 0.15) is 35.7 Å². The number of nitrogens with zero attached hydrogens (tertiary/aromatic N) is 3. The Morgan fingerprint density at radius 2 is 1.88 bits per heavy atom. The van der Waals surface area contributed by atoms with Gasteiger partial charge in [-0.25, -0.2) is 4.98 Å². The lowest BCUT2D eigenvalue weighted by Gasteiger charge is -2.30. The first kappa shape index (κ1) is 15.3. The Kier molecular flexibility index (Phi) is 3.79. The van der Waals surface area contributed by atoms with Gasteiger partial charge in [0.25, 0.3) is 0 Å². The summed E-state index contributed by atoms with van der Waals surface area (Å²) in [5.41, 5.74) is 6.99. The summed E-state index contributed by atoms with van der Waals surface area (Å²) in [6.07, 6.45) is 4.21. The van der Waals surface area contributed by atoms with Crippen molar-refractivity contribution in [1.82, 2.24) is 9.55 Å². The molecule has 0 fully saturated rings. The van der Waals surface area contributed by atoms with Crippen LogP contribution in [0.2, 0.25) is 0 Å². The van der Waals surface area contributed by atoms with E-state index in [4.69, 9.17) is 4.98 Å². The molecule has 1 aliphatic heterocycles. The minimum Gasteiger partial charge on any atom is -0.350 e. The average molecular weight is 319 g/mol. The zero-order valence-electron chi connectivity index (χ0n) is 14.8. The molecular formula is C21H25N3. The van der Waals surface area contributed by atoms with Crippen LogP contribution in [0.3, 0.4) is 0 Å². The summed E-state index contributed by atoms with van der Waals surface area (Å²) in [6, 6.07) is 11.0. The van der Waals surface area contributed by atoms with Gasteiger partial charge >= 0.3 is 0 Å². The number of aryl methyl sites for hydroxylation is 2. The van der Waals surface area contributed by atoms with Crippen LogP contribution in [-0.2, 0) is 19.5 Å². The average Bonchev–Trinajstić information content (AvgIpc) is 2.87. The van der Waals surface area contributed by atoms with E-state index < -0.39 is 0 Å². The number of benzene rings is 1. The lowest BCUT2D eigenvalue weighted by molar-refractivity contribution is 0.675. The van der Waals surface area contributed by atoms with Gasteiger partial charge in [0.05, 0.1) is 5.52 Å². The summed E-state index contributed by atoms with van der Waals surface area (Å²) >= 11 is 0. The van der Waals surface area contributed by atoms with Crippen LogP contribution in [0, 0.1) is 13.8 Å². The minimum absolute atomic E-state index is 0.956. The lowest BCUT2D eigenvalue weighted by Crippen LogP contribution is -2.31. The molecule has 0 atom stereocenters. The van der Waals surface area contributed by atoms with E-state index in [1.165, 1.54) is 33.3 Å². The normalized spacial score (nSPS) is 14.2. The van der Waals surface area contributed by atoms with E-state index in [0.29, 0.717) is 0 Å². The third kappa shape index (κ3) is 2.31. The van der Waals surface area contributed by atoms with Gasteiger partial charge in [0.2, 0.25) is 0 Å². The molecule has 0 aliphatic carbocycles. The molecule has 0 saturated carbocycles. The lowest BCUT2D eigenvalue weighted by atomic mass is 10.00. The van der Waals surface area contributed by atoms with Crippen LogP contribution in [-0.4, -0.2) is 16.1 Å². The number of anilines is 1. The molecule has 3 heterocycles. The Labute approximate surface area is 143 Å². The molecule has 3 heteroatoms. The van der Waals surface area contributed by atoms with Crippen LogP contribution < -0.4 is 4.90 Å². The molecule has 4 rings (SSSR count). The molecule has 0 bridgehead atoms. The molecule has 3 aromatic rings. The third-order valence-corrected chi connectivity index (χ3v) is 5.40. The van der Waals surface area contributed by atoms with Crippen LogP contribution in [0.25, 0.3) is 10.9 Å². The highest BCUT2D eigenvalue weighted by molar-refractivity contribution is 5.93. The van der Waals surface area contributed by atoms with E-state index in [-0.39, 0.29) is 0 Å². The first-order valence-corrected chi connectivity index (χ1v) is 8.96. The van der Waals surface area contributed by atoms with Crippen molar-refractivity contribution in [3.63, 3.8) is 0 Å². The van der Waals surface area contributed by atoms with Gasteiger partial charge in [0.1, 0.15) is 0 Å². The van der Waals surface area contributed by atoms with Crippen LogP contribution in [0.5, 0.6) is 0 Å². The zero-order valence-corrected chi connectivity index (χ0v) is 14.8. The molecule has 0 spiro atoms. The topological polar surface area (TPSA) is 21.1 Å². The predicted molar refractivity (Wildman–Crippen MR) is 101 cm³/mol. The molecule has 3 nitrogen and oxygen atoms in total. The quantitative estimate of drug-likeness (QED) is 0.702. The number of hydrogen-bond acceptors (Lipinski definition) is 2. The Balaban J connectivity index is 1.84. The first-order chi connectivity index (χ1) is 11.7. The second-order valence-electron chi connectivity index (χ2n) is 6.83. The van der Waals surface area contributed by atoms with Crippen LogP contribution in [0.15, 0.2) is 36.5 Å². The van der Waals surface area contributed by atoms with E-state index in [9.17, 15) is 0 Å². The van der Waals surface area contributed by atoms with Gasteiger partial charge < -0.3 is 9.47 Å². The molecule has 0 unspecified atom stereocenters. The Morgan fingerprint density at radius 1 is 1.08 bits per heavy atom. The van der Waals surface area contributed by atoms with E-state index >= 15 is 0 Å². The zero-order chi connectivity index (χ0) is 16.7. The SMILES string of the molecule is CCCn1c(C)c(C)c2ccnc(N3CCc4ccccc4C3)c21. The maximum atomic E-state index is 4.81. The number of pyridine rings is 1. The molecule has 2 aromatic heterocycles. The fourth-order valence-electron chi connectivity index (χ4n) is 3.99. The second-order valence-corrected chi connectivity index (χ2v) is 6.83. The number of aromatic nitrogens is 2. The summed E-state index contributed by atoms with van der Waals surface area (Å²) in [5.74, 6) is 1.15. The smallest absolute Gasteiger partial charge is 0.153 e. The molecule has 24 heavy (non-hydrogen) atoms. The minimum atomic E-state index is 0.956. The fraction of sp³-hybridized carbons (Fsp3) is 0.381. The predicted octanol–water partition coefficient (Wildman–Crippen LogP) is 4.63. The highest BCUT2D eigenvalue weighted by atomic mass is 15.2. The van der Waals surface area contributed by atoms with E-state index in [0.717, 1.165) is 38.3 Å². The van der Waals surface area contributed by atoms with Crippen molar-refractivity contribution in [2.24, 2.45) is 0 Å². The largest absolute Gasteiger partial charge is 0.350 e. The summed E-state index contributed by atoms with van der Waals surface area (Å²) in [4.78, 5) is 7.26. The highest BCUT2D eigenvalue weighted by Crippen LogP contribution is 2.33. The van der Waals surface area contributed by atoms with Crippen molar-refractivity contribution in [3.05, 3.63) is 58.9 Å². The van der Waals surface area contributed by atoms with Crippen molar-refractivity contribution in [1.29, 1.82) is 0 Å². The van der Waals surface area contributed by atoms with Gasteiger partial charge in [-0.3, -0.25) is 0 Å². The molecule has 0 saturated heterocycles. The molecular weight excluding hydrogens is 294 g/mol. The van der Waals surface area contributed by atoms with Gasteiger partial charge in [0.15, 0.2) is 5.82 Å². The third-order valence-electron chi connectivity index (χ3n) is 5.40. The molecule has 1 aliphatic rings. The van der Waals surface area contributed by atoms with Crippen molar-refractivity contribution in [2.75, 3.05) is 11.4 Å². The van der Waals surface area contributed by atoms with Crippen molar-refractivity contribution < 1.29 is 0 Å². The Hall–Kier alpha value is -2.29. The Morgan fingerprint density at radius 3 is 2.67 bits per heavy atom. The molecule has 0 radical (unpaired) electrons. The van der Waals surface area contributed by atoms with Crippen molar-refractivity contribution in [3.8, 4) is 0 Å². The van der Waals surface area contributed by atoms with E-state index in [1.807, 2.05) is 6.20 Å². The van der Waals surface area contributed by atoms with Gasteiger partial charge in [-0.1, -0.05) is 31.2 Å². The standard InChI is InChI=1S/C21H25N3/c1-4-12-24-16(3)15(2)19-9-11-22-21(20(19)24)23-13-10-17-7-5-6-8-18(17)14-23/h5-9,11H,4,10,12-14H2,1-3H3. The second kappa shape index (κ2) is 5.97. The maximum Gasteiger partial charge on any atom is 0.153 e. The van der Waals surface area contributed by atoms with Gasteiger partial charge in [-0.15, -0.1) is 0 Å². The molecule has 1 aromatic carbocycles. The van der Waals surface area contributed by atoms with Gasteiger partial charge in [-0.05, 0) is 49.4 Å². The van der Waals surface area contributed by atoms with E-state index in [1.54, 1.807) is 0 Å². The maximum absolute atomic E-state index is 4.81. The summed E-state index contributed by atoms with van der Waals surface area (Å²) in [5, 5.41) is 1.35. The first-order valence-electron chi connectivity index (χ1n) is 8.96. The van der Waals surface area contributed by atoms with Gasteiger partial charge in [-0.2, -0.15) is 0 Å². The van der Waals surface area contributed by atoms with Crippen molar-refractivity contribution in [2.45, 2.75) is 46.7 Å². The summed E-state index contributed by atoms with van der Waals surface area (Å²) in [7, 11) is 0. The summed E-state index contributed by atoms with van der Waals surface area (Å²) in [6.45, 7) is 9.77. The highest BCUT2D eigenvalue weighted by Gasteiger charge is 2.22. The number of rotatable bonds is 3. The fourth-order valence-corrected chi connectivity index (χ4v) is 3.99. The summed E-state index contributed by atoms with van der Waals surface area (Å²) < 4.78 is 2.47. The number of fused-ring (bicyclic) bond motifs is 2. The monoisotopic (exact) mass is 319 g/mol. The molecule has 124 valence electrons. The van der Waals surface area contributed by atoms with Crippen molar-refractivity contribution >= 4 is 16.7 Å².